The maximum atomic E-state index is 12.0. The van der Waals surface area contributed by atoms with E-state index < -0.39 is 9.87 Å². The fourth-order valence-corrected chi connectivity index (χ4v) is 2.96. The first kappa shape index (κ1) is 15.1. The highest BCUT2D eigenvalue weighted by atomic mass is 32.2. The highest BCUT2D eigenvalue weighted by Crippen LogP contribution is 2.36. The molecule has 20 heavy (non-hydrogen) atoms. The second-order valence-corrected chi connectivity index (χ2v) is 7.06. The second kappa shape index (κ2) is 5.57. The lowest BCUT2D eigenvalue weighted by atomic mass is 9.89. The van der Waals surface area contributed by atoms with Gasteiger partial charge < -0.3 is 4.90 Å². The third-order valence-electron chi connectivity index (χ3n) is 3.55. The van der Waals surface area contributed by atoms with E-state index in [-0.39, 0.29) is 18.4 Å². The zero-order valence-corrected chi connectivity index (χ0v) is 12.8. The SMILES string of the molecule is BS(=O)(=O)NCc1ccc2c(c1)C(C)CC(=O)N2CC. The van der Waals surface area contributed by atoms with E-state index in [9.17, 15) is 13.2 Å². The Bertz CT molecular complexity index is 631. The van der Waals surface area contributed by atoms with Crippen LogP contribution < -0.4 is 9.62 Å². The number of carbonyl (C=O) groups is 1. The van der Waals surface area contributed by atoms with Gasteiger partial charge >= 0.3 is 0 Å². The quantitative estimate of drug-likeness (QED) is 0.823. The van der Waals surface area contributed by atoms with E-state index in [0.717, 1.165) is 23.9 Å². The molecule has 0 aromatic heterocycles. The first-order valence-electron chi connectivity index (χ1n) is 6.69. The van der Waals surface area contributed by atoms with Crippen LogP contribution in [0.1, 0.15) is 37.3 Å². The molecule has 0 saturated carbocycles. The van der Waals surface area contributed by atoms with Gasteiger partial charge in [-0.15, -0.1) is 0 Å². The van der Waals surface area contributed by atoms with Gasteiger partial charge in [0.25, 0.3) is 7.12 Å². The molecule has 0 aliphatic carbocycles. The van der Waals surface area contributed by atoms with Crippen LogP contribution in [0.4, 0.5) is 5.69 Å². The molecule has 0 bridgehead atoms. The van der Waals surface area contributed by atoms with Crippen molar-refractivity contribution < 1.29 is 13.2 Å². The first-order valence-corrected chi connectivity index (χ1v) is 8.58. The Hall–Kier alpha value is -1.34. The molecule has 1 heterocycles. The van der Waals surface area contributed by atoms with Crippen LogP contribution in [-0.4, -0.2) is 28.0 Å². The zero-order valence-electron chi connectivity index (χ0n) is 12.0. The molecule has 0 fully saturated rings. The molecule has 1 atom stereocenters. The fourth-order valence-electron chi connectivity index (χ4n) is 2.53. The highest BCUT2D eigenvalue weighted by molar-refractivity contribution is 8.10. The number of anilines is 1. The standard InChI is InChI=1S/C13H19BN2O3S/c1-3-16-12-5-4-10(8-15-20(14,18)19)7-11(12)9(2)6-13(16)17/h4-5,7,9,15H,3,6,8,14H2,1-2H3. The monoisotopic (exact) mass is 294 g/mol. The maximum Gasteiger partial charge on any atom is 0.275 e. The Balaban J connectivity index is 2.30. The molecule has 2 rings (SSSR count). The minimum Gasteiger partial charge on any atom is -0.312 e. The Morgan fingerprint density at radius 2 is 2.15 bits per heavy atom. The summed E-state index contributed by atoms with van der Waals surface area (Å²) in [4.78, 5) is 13.8. The van der Waals surface area contributed by atoms with E-state index in [0.29, 0.717) is 13.0 Å². The zero-order chi connectivity index (χ0) is 14.9. The molecule has 1 aromatic carbocycles. The van der Waals surface area contributed by atoms with Crippen LogP contribution in [0, 0.1) is 0 Å². The Morgan fingerprint density at radius 1 is 1.45 bits per heavy atom. The van der Waals surface area contributed by atoms with Gasteiger partial charge in [0, 0.05) is 25.2 Å². The second-order valence-electron chi connectivity index (χ2n) is 5.23. The molecule has 1 aliphatic rings. The summed E-state index contributed by atoms with van der Waals surface area (Å²) in [5, 5.41) is 0. The van der Waals surface area contributed by atoms with Crippen molar-refractivity contribution in [3.8, 4) is 0 Å². The number of carbonyl (C=O) groups excluding carboxylic acids is 1. The number of fused-ring (bicyclic) bond motifs is 1. The third kappa shape index (κ3) is 3.21. The fraction of sp³-hybridized carbons (Fsp3) is 0.462. The predicted octanol–water partition coefficient (Wildman–Crippen LogP) is 0.514. The summed E-state index contributed by atoms with van der Waals surface area (Å²) in [7, 11) is -2.05. The van der Waals surface area contributed by atoms with E-state index in [1.165, 1.54) is 0 Å². The summed E-state index contributed by atoms with van der Waals surface area (Å²) in [5.74, 6) is 0.313. The van der Waals surface area contributed by atoms with Gasteiger partial charge in [-0.25, -0.2) is 13.1 Å². The molecule has 0 radical (unpaired) electrons. The summed E-state index contributed by atoms with van der Waals surface area (Å²) in [5.41, 5.74) is 2.96. The van der Waals surface area contributed by atoms with E-state index in [1.54, 1.807) is 4.90 Å². The molecule has 108 valence electrons. The van der Waals surface area contributed by atoms with Crippen molar-refractivity contribution in [1.29, 1.82) is 0 Å². The number of hydrogen-bond acceptors (Lipinski definition) is 3. The largest absolute Gasteiger partial charge is 0.312 e. The molecule has 1 amide bonds. The van der Waals surface area contributed by atoms with Crippen molar-refractivity contribution in [2.24, 2.45) is 0 Å². The molecule has 1 aromatic rings. The normalized spacial score (nSPS) is 19.0. The number of hydrogen-bond donors (Lipinski definition) is 1. The van der Waals surface area contributed by atoms with Crippen LogP contribution in [0.25, 0.3) is 0 Å². The molecule has 0 spiro atoms. The molecular formula is C13H19BN2O3S. The van der Waals surface area contributed by atoms with Crippen LogP contribution in [-0.2, 0) is 21.2 Å². The molecule has 0 saturated heterocycles. The van der Waals surface area contributed by atoms with Crippen molar-refractivity contribution in [3.05, 3.63) is 29.3 Å². The maximum absolute atomic E-state index is 12.0. The number of rotatable bonds is 4. The van der Waals surface area contributed by atoms with Crippen LogP contribution >= 0.6 is 0 Å². The first-order chi connectivity index (χ1) is 9.31. The van der Waals surface area contributed by atoms with E-state index in [1.807, 2.05) is 32.0 Å². The minimum absolute atomic E-state index is 0.148. The van der Waals surface area contributed by atoms with Crippen molar-refractivity contribution in [3.63, 3.8) is 0 Å². The molecule has 5 nitrogen and oxygen atoms in total. The lowest BCUT2D eigenvalue weighted by molar-refractivity contribution is -0.119. The van der Waals surface area contributed by atoms with Gasteiger partial charge in [-0.1, -0.05) is 19.1 Å². The van der Waals surface area contributed by atoms with Gasteiger partial charge in [-0.3, -0.25) is 4.79 Å². The van der Waals surface area contributed by atoms with Crippen LogP contribution in [0.3, 0.4) is 0 Å². The lowest BCUT2D eigenvalue weighted by Crippen LogP contribution is -2.36. The smallest absolute Gasteiger partial charge is 0.275 e. The summed E-state index contributed by atoms with van der Waals surface area (Å²) in [6, 6.07) is 5.77. The number of nitrogens with zero attached hydrogens (tertiary/aromatic N) is 1. The lowest BCUT2D eigenvalue weighted by Gasteiger charge is -2.32. The Labute approximate surface area is 120 Å². The van der Waals surface area contributed by atoms with Crippen LogP contribution in [0.2, 0.25) is 0 Å². The Morgan fingerprint density at radius 3 is 2.75 bits per heavy atom. The molecule has 1 aliphatic heterocycles. The number of amides is 1. The van der Waals surface area contributed by atoms with Crippen molar-refractivity contribution in [2.45, 2.75) is 32.7 Å². The van der Waals surface area contributed by atoms with Gasteiger partial charge in [-0.2, -0.15) is 0 Å². The summed E-state index contributed by atoms with van der Waals surface area (Å²) < 4.78 is 24.8. The summed E-state index contributed by atoms with van der Waals surface area (Å²) in [6.07, 6.45) is 0.504. The van der Waals surface area contributed by atoms with Gasteiger partial charge in [0.05, 0.1) is 0 Å². The Kier molecular flexibility index (Phi) is 4.20. The van der Waals surface area contributed by atoms with E-state index >= 15 is 0 Å². The van der Waals surface area contributed by atoms with Crippen molar-refractivity contribution in [2.75, 3.05) is 11.4 Å². The van der Waals surface area contributed by atoms with E-state index in [4.69, 9.17) is 0 Å². The highest BCUT2D eigenvalue weighted by Gasteiger charge is 2.27. The average molecular weight is 294 g/mol. The van der Waals surface area contributed by atoms with Crippen LogP contribution in [0.5, 0.6) is 0 Å². The number of benzene rings is 1. The predicted molar refractivity (Wildman–Crippen MR) is 81.8 cm³/mol. The third-order valence-corrected chi connectivity index (χ3v) is 4.22. The summed E-state index contributed by atoms with van der Waals surface area (Å²) in [6.45, 7) is 4.91. The molecular weight excluding hydrogens is 275 g/mol. The van der Waals surface area contributed by atoms with Crippen molar-refractivity contribution in [1.82, 2.24) is 4.72 Å². The molecule has 7 heteroatoms. The average Bonchev–Trinajstić information content (AvgIpc) is 2.36. The molecule has 1 N–H and O–H groups in total. The summed E-state index contributed by atoms with van der Waals surface area (Å²) >= 11 is 0. The minimum atomic E-state index is -3.20. The topological polar surface area (TPSA) is 66.5 Å². The van der Waals surface area contributed by atoms with Crippen molar-refractivity contribution >= 4 is 28.6 Å². The van der Waals surface area contributed by atoms with Gasteiger partial charge in [0.2, 0.25) is 5.91 Å². The van der Waals surface area contributed by atoms with E-state index in [2.05, 4.69) is 4.72 Å². The van der Waals surface area contributed by atoms with Crippen LogP contribution in [0.15, 0.2) is 18.2 Å². The van der Waals surface area contributed by atoms with Gasteiger partial charge in [-0.05, 0) is 30.0 Å². The molecule has 1 unspecified atom stereocenters. The number of nitrogens with one attached hydrogen (secondary N) is 1. The van der Waals surface area contributed by atoms with Gasteiger partial charge in [0.15, 0.2) is 9.87 Å². The van der Waals surface area contributed by atoms with Gasteiger partial charge in [0.1, 0.15) is 0 Å².